The van der Waals surface area contributed by atoms with Crippen molar-refractivity contribution in [2.75, 3.05) is 13.1 Å². The fraction of sp³-hybridized carbons (Fsp3) is 0.316. The third-order valence-electron chi connectivity index (χ3n) is 7.15. The van der Waals surface area contributed by atoms with Crippen molar-refractivity contribution in [1.82, 2.24) is 10.6 Å². The Kier molecular flexibility index (Phi) is 9.49. The molecule has 0 bridgehead atoms. The van der Waals surface area contributed by atoms with Crippen LogP contribution in [-0.2, 0) is 22.3 Å². The van der Waals surface area contributed by atoms with E-state index in [-0.39, 0.29) is 0 Å². The molecule has 0 radical (unpaired) electrons. The number of hydrogen-bond acceptors (Lipinski definition) is 5. The van der Waals surface area contributed by atoms with Crippen molar-refractivity contribution >= 4 is 43.7 Å². The van der Waals surface area contributed by atoms with Gasteiger partial charge in [0, 0.05) is 33.3 Å². The second-order valence-corrected chi connectivity index (χ2v) is 14.4. The summed E-state index contributed by atoms with van der Waals surface area (Å²) in [6, 6.07) is 30.4. The van der Waals surface area contributed by atoms with Gasteiger partial charge in [-0.2, -0.15) is 0 Å². The molecule has 2 N–H and O–H groups in total. The Morgan fingerprint density at radius 1 is 0.578 bits per heavy atom. The zero-order valence-electron chi connectivity index (χ0n) is 27.0. The number of ether oxygens (including phenoxy) is 2. The molecular weight excluding hydrogens is 580 g/mol. The Balaban J connectivity index is 1.32. The molecule has 0 spiro atoms. The molecule has 0 aliphatic heterocycles. The Morgan fingerprint density at radius 2 is 0.978 bits per heavy atom. The molecule has 1 heterocycles. The van der Waals surface area contributed by atoms with Crippen LogP contribution in [0.2, 0.25) is 0 Å². The predicted molar refractivity (Wildman–Crippen MR) is 186 cm³/mol. The van der Waals surface area contributed by atoms with Gasteiger partial charge in [0.05, 0.1) is 0 Å². The van der Waals surface area contributed by atoms with Crippen LogP contribution >= 0.6 is 11.3 Å². The maximum absolute atomic E-state index is 12.0. The largest absolute Gasteiger partial charge is 0.444 e. The van der Waals surface area contributed by atoms with Crippen LogP contribution in [0.1, 0.15) is 52.7 Å². The number of rotatable bonds is 8. The summed E-state index contributed by atoms with van der Waals surface area (Å²) in [5.41, 5.74) is 5.90. The minimum atomic E-state index is -0.512. The highest BCUT2D eigenvalue weighted by Gasteiger charge is 2.17. The van der Waals surface area contributed by atoms with Crippen molar-refractivity contribution < 1.29 is 19.1 Å². The SMILES string of the molecule is CC(C)(C)OC(=O)NCCc1cccc(-c2ccc3sc4ccc(-c5cccc(CCNC(=O)OC(C)(C)C)c5)cc4c3c2)c1. The van der Waals surface area contributed by atoms with Crippen LogP contribution in [0.25, 0.3) is 42.4 Å². The third-order valence-corrected chi connectivity index (χ3v) is 8.31. The van der Waals surface area contributed by atoms with Crippen molar-refractivity contribution in [3.05, 3.63) is 96.1 Å². The second kappa shape index (κ2) is 13.3. The van der Waals surface area contributed by atoms with Gasteiger partial charge < -0.3 is 20.1 Å². The second-order valence-electron chi connectivity index (χ2n) is 13.3. The molecule has 6 nitrogen and oxygen atoms in total. The monoisotopic (exact) mass is 622 g/mol. The third kappa shape index (κ3) is 8.85. The summed E-state index contributed by atoms with van der Waals surface area (Å²) in [4.78, 5) is 24.1. The van der Waals surface area contributed by atoms with Crippen LogP contribution in [0.15, 0.2) is 84.9 Å². The standard InChI is InChI=1S/C38H42N2O4S/c1-37(2,3)43-35(41)39-19-17-25-9-7-11-27(21-25)29-13-15-33-31(23-29)32-24-30(14-16-34(32)45-33)28-12-8-10-26(22-28)18-20-40-36(42)44-38(4,5)6/h7-16,21-24H,17-20H2,1-6H3,(H,39,41)(H,40,42). The smallest absolute Gasteiger partial charge is 0.407 e. The van der Waals surface area contributed by atoms with E-state index in [4.69, 9.17) is 9.47 Å². The summed E-state index contributed by atoms with van der Waals surface area (Å²) in [5.74, 6) is 0. The van der Waals surface area contributed by atoms with Gasteiger partial charge >= 0.3 is 12.2 Å². The fourth-order valence-corrected chi connectivity index (χ4v) is 6.26. The van der Waals surface area contributed by atoms with Crippen molar-refractivity contribution in [1.29, 1.82) is 0 Å². The lowest BCUT2D eigenvalue weighted by Crippen LogP contribution is -2.33. The van der Waals surface area contributed by atoms with E-state index in [0.717, 1.165) is 46.2 Å². The summed E-state index contributed by atoms with van der Waals surface area (Å²) in [6.07, 6.45) is 0.649. The molecule has 5 rings (SSSR count). The van der Waals surface area contributed by atoms with E-state index in [1.165, 1.54) is 20.2 Å². The average Bonchev–Trinajstić information content (AvgIpc) is 3.33. The van der Waals surface area contributed by atoms with E-state index in [1.807, 2.05) is 41.5 Å². The van der Waals surface area contributed by atoms with Crippen LogP contribution in [0, 0.1) is 0 Å². The summed E-state index contributed by atoms with van der Waals surface area (Å²) >= 11 is 1.81. The van der Waals surface area contributed by atoms with E-state index < -0.39 is 23.4 Å². The average molecular weight is 623 g/mol. The van der Waals surface area contributed by atoms with Gasteiger partial charge in [0.2, 0.25) is 0 Å². The molecule has 1 aromatic heterocycles. The lowest BCUT2D eigenvalue weighted by Gasteiger charge is -2.19. The van der Waals surface area contributed by atoms with Crippen LogP contribution in [0.5, 0.6) is 0 Å². The summed E-state index contributed by atoms with van der Waals surface area (Å²) in [5, 5.41) is 8.18. The zero-order valence-corrected chi connectivity index (χ0v) is 27.8. The lowest BCUT2D eigenvalue weighted by molar-refractivity contribution is 0.0517. The molecule has 0 aliphatic rings. The molecule has 4 aromatic carbocycles. The molecule has 0 aliphatic carbocycles. The highest BCUT2D eigenvalue weighted by Crippen LogP contribution is 2.38. The van der Waals surface area contributed by atoms with Gasteiger partial charge in [0.15, 0.2) is 0 Å². The number of amides is 2. The molecule has 5 aromatic rings. The van der Waals surface area contributed by atoms with Gasteiger partial charge in [0.1, 0.15) is 11.2 Å². The summed E-state index contributed by atoms with van der Waals surface area (Å²) < 4.78 is 13.2. The van der Waals surface area contributed by atoms with Gasteiger partial charge in [-0.15, -0.1) is 11.3 Å². The van der Waals surface area contributed by atoms with Gasteiger partial charge in [-0.25, -0.2) is 9.59 Å². The molecular formula is C38H42N2O4S. The minimum Gasteiger partial charge on any atom is -0.444 e. The summed E-state index contributed by atoms with van der Waals surface area (Å²) in [6.45, 7) is 12.2. The molecule has 0 unspecified atom stereocenters. The maximum atomic E-state index is 12.0. The van der Waals surface area contributed by atoms with E-state index in [2.05, 4.69) is 95.6 Å². The highest BCUT2D eigenvalue weighted by molar-refractivity contribution is 7.25. The number of carbonyl (C=O) groups is 2. The van der Waals surface area contributed by atoms with Crippen molar-refractivity contribution in [3.63, 3.8) is 0 Å². The van der Waals surface area contributed by atoms with Crippen molar-refractivity contribution in [2.45, 2.75) is 65.6 Å². The number of alkyl carbamates (subject to hydrolysis) is 2. The molecule has 7 heteroatoms. The normalized spacial score (nSPS) is 11.9. The predicted octanol–water partition coefficient (Wildman–Crippen LogP) is 9.52. The van der Waals surface area contributed by atoms with Crippen LogP contribution in [0.3, 0.4) is 0 Å². The number of thiophene rings is 1. The van der Waals surface area contributed by atoms with E-state index >= 15 is 0 Å². The number of hydrogen-bond donors (Lipinski definition) is 2. The lowest BCUT2D eigenvalue weighted by atomic mass is 9.98. The van der Waals surface area contributed by atoms with Crippen LogP contribution < -0.4 is 10.6 Å². The molecule has 0 fully saturated rings. The Labute approximate surface area is 269 Å². The maximum Gasteiger partial charge on any atom is 0.407 e. The topological polar surface area (TPSA) is 76.7 Å². The minimum absolute atomic E-state index is 0.394. The van der Waals surface area contributed by atoms with E-state index in [0.29, 0.717) is 13.1 Å². The van der Waals surface area contributed by atoms with E-state index in [1.54, 1.807) is 11.3 Å². The quantitative estimate of drug-likeness (QED) is 0.181. The zero-order chi connectivity index (χ0) is 32.2. The van der Waals surface area contributed by atoms with Crippen molar-refractivity contribution in [2.24, 2.45) is 0 Å². The fourth-order valence-electron chi connectivity index (χ4n) is 5.20. The van der Waals surface area contributed by atoms with E-state index in [9.17, 15) is 9.59 Å². The van der Waals surface area contributed by atoms with Gasteiger partial charge in [-0.1, -0.05) is 60.7 Å². The molecule has 2 amide bonds. The van der Waals surface area contributed by atoms with Gasteiger partial charge in [0.25, 0.3) is 0 Å². The molecule has 0 saturated carbocycles. The first-order valence-electron chi connectivity index (χ1n) is 15.4. The van der Waals surface area contributed by atoms with Crippen LogP contribution in [-0.4, -0.2) is 36.5 Å². The number of fused-ring (bicyclic) bond motifs is 3. The van der Waals surface area contributed by atoms with Crippen molar-refractivity contribution in [3.8, 4) is 22.3 Å². The van der Waals surface area contributed by atoms with Gasteiger partial charge in [-0.05, 0) is 112 Å². The summed E-state index contributed by atoms with van der Waals surface area (Å²) in [7, 11) is 0. The number of nitrogens with one attached hydrogen (secondary N) is 2. The Bertz CT molecular complexity index is 1700. The first-order chi connectivity index (χ1) is 21.3. The first-order valence-corrected chi connectivity index (χ1v) is 16.2. The van der Waals surface area contributed by atoms with Gasteiger partial charge in [-0.3, -0.25) is 0 Å². The number of benzene rings is 4. The Morgan fingerprint density at radius 3 is 1.38 bits per heavy atom. The highest BCUT2D eigenvalue weighted by atomic mass is 32.1. The molecule has 45 heavy (non-hydrogen) atoms. The molecule has 0 atom stereocenters. The molecule has 234 valence electrons. The molecule has 0 saturated heterocycles. The Hall–Kier alpha value is -4.36. The number of carbonyl (C=O) groups excluding carboxylic acids is 2. The first kappa shape index (κ1) is 32.0. The van der Waals surface area contributed by atoms with Crippen LogP contribution in [0.4, 0.5) is 9.59 Å².